The van der Waals surface area contributed by atoms with E-state index >= 15 is 0 Å². The van der Waals surface area contributed by atoms with Crippen molar-refractivity contribution in [2.45, 2.75) is 39.8 Å². The molecular formula is C11H16BrClN4O2. The third-order valence-corrected chi connectivity index (χ3v) is 3.04. The average Bonchev–Trinajstić information content (AvgIpc) is 2.53. The van der Waals surface area contributed by atoms with Gasteiger partial charge in [0.2, 0.25) is 0 Å². The Balaban J connectivity index is 2.68. The standard InChI is InChI=1S/C11H16BrClN4O2/c1-5-17-8(12)7(9(13)16-17)6-14-15-10(18)19-11(2,3)4/h6H,5H2,1-4H3,(H,15,18)/b14-6+. The quantitative estimate of drug-likeness (QED) is 0.672. The summed E-state index contributed by atoms with van der Waals surface area (Å²) in [5.41, 5.74) is 2.29. The second-order valence-corrected chi connectivity index (χ2v) is 5.79. The lowest BCUT2D eigenvalue weighted by Gasteiger charge is -2.18. The van der Waals surface area contributed by atoms with Crippen molar-refractivity contribution in [1.29, 1.82) is 0 Å². The molecule has 1 aromatic rings. The Kier molecular flexibility index (Phi) is 5.37. The van der Waals surface area contributed by atoms with E-state index in [1.807, 2.05) is 6.92 Å². The van der Waals surface area contributed by atoms with Gasteiger partial charge in [-0.2, -0.15) is 10.2 Å². The number of aromatic nitrogens is 2. The van der Waals surface area contributed by atoms with Gasteiger partial charge in [-0.15, -0.1) is 0 Å². The summed E-state index contributed by atoms with van der Waals surface area (Å²) in [6.07, 6.45) is 0.786. The first-order valence-electron chi connectivity index (χ1n) is 5.68. The first kappa shape index (κ1) is 16.0. The van der Waals surface area contributed by atoms with Gasteiger partial charge in [0.1, 0.15) is 10.2 Å². The van der Waals surface area contributed by atoms with Crippen molar-refractivity contribution in [2.75, 3.05) is 0 Å². The van der Waals surface area contributed by atoms with Gasteiger partial charge in [-0.25, -0.2) is 10.2 Å². The second-order valence-electron chi connectivity index (χ2n) is 4.68. The maximum atomic E-state index is 11.4. The smallest absolute Gasteiger partial charge is 0.428 e. The number of ether oxygens (including phenoxy) is 1. The zero-order chi connectivity index (χ0) is 14.6. The molecule has 1 aromatic heterocycles. The molecule has 106 valence electrons. The zero-order valence-corrected chi connectivity index (χ0v) is 13.5. The molecule has 1 N–H and O–H groups in total. The van der Waals surface area contributed by atoms with Crippen LogP contribution in [0.25, 0.3) is 0 Å². The summed E-state index contributed by atoms with van der Waals surface area (Å²) in [5.74, 6) is 0. The molecule has 0 aliphatic heterocycles. The van der Waals surface area contributed by atoms with Crippen LogP contribution in [0.3, 0.4) is 0 Å². The maximum Gasteiger partial charge on any atom is 0.428 e. The summed E-state index contributed by atoms with van der Waals surface area (Å²) in [4.78, 5) is 11.4. The number of nitrogens with one attached hydrogen (secondary N) is 1. The number of rotatable bonds is 3. The summed E-state index contributed by atoms with van der Waals surface area (Å²) in [6, 6.07) is 0. The molecule has 1 rings (SSSR count). The van der Waals surface area contributed by atoms with Gasteiger partial charge >= 0.3 is 6.09 Å². The molecule has 0 saturated carbocycles. The highest BCUT2D eigenvalue weighted by Gasteiger charge is 2.16. The topological polar surface area (TPSA) is 68.5 Å². The highest BCUT2D eigenvalue weighted by molar-refractivity contribution is 9.10. The number of aryl methyl sites for hydroxylation is 1. The number of hydrogen-bond donors (Lipinski definition) is 1. The molecule has 0 radical (unpaired) electrons. The highest BCUT2D eigenvalue weighted by Crippen LogP contribution is 2.22. The lowest BCUT2D eigenvalue weighted by Crippen LogP contribution is -2.29. The van der Waals surface area contributed by atoms with Gasteiger partial charge < -0.3 is 4.74 Å². The van der Waals surface area contributed by atoms with E-state index < -0.39 is 11.7 Å². The van der Waals surface area contributed by atoms with Crippen molar-refractivity contribution in [2.24, 2.45) is 5.10 Å². The van der Waals surface area contributed by atoms with Crippen molar-refractivity contribution in [3.05, 3.63) is 15.3 Å². The molecule has 1 heterocycles. The summed E-state index contributed by atoms with van der Waals surface area (Å²) >= 11 is 9.31. The Morgan fingerprint density at radius 3 is 2.74 bits per heavy atom. The van der Waals surface area contributed by atoms with Crippen LogP contribution in [0.2, 0.25) is 5.15 Å². The van der Waals surface area contributed by atoms with Gasteiger partial charge in [-0.05, 0) is 43.6 Å². The maximum absolute atomic E-state index is 11.4. The van der Waals surface area contributed by atoms with Crippen LogP contribution in [0.4, 0.5) is 4.79 Å². The van der Waals surface area contributed by atoms with Crippen LogP contribution in [-0.4, -0.2) is 27.7 Å². The number of halogens is 2. The molecule has 0 atom stereocenters. The predicted octanol–water partition coefficient (Wildman–Crippen LogP) is 3.18. The SMILES string of the molecule is CCn1nc(Cl)c(/C=N/NC(=O)OC(C)(C)C)c1Br. The van der Waals surface area contributed by atoms with Gasteiger partial charge in [-0.1, -0.05) is 11.6 Å². The number of carbonyl (C=O) groups excluding carboxylic acids is 1. The lowest BCUT2D eigenvalue weighted by atomic mass is 10.2. The molecule has 0 aromatic carbocycles. The van der Waals surface area contributed by atoms with Crippen LogP contribution < -0.4 is 5.43 Å². The molecule has 0 spiro atoms. The van der Waals surface area contributed by atoms with Gasteiger partial charge in [0.05, 0.1) is 11.8 Å². The van der Waals surface area contributed by atoms with E-state index in [-0.39, 0.29) is 0 Å². The molecule has 6 nitrogen and oxygen atoms in total. The molecule has 8 heteroatoms. The van der Waals surface area contributed by atoms with E-state index in [1.165, 1.54) is 6.21 Å². The van der Waals surface area contributed by atoms with Crippen LogP contribution in [0.5, 0.6) is 0 Å². The van der Waals surface area contributed by atoms with Crippen molar-refractivity contribution in [1.82, 2.24) is 15.2 Å². The predicted molar refractivity (Wildman–Crippen MR) is 77.6 cm³/mol. The Morgan fingerprint density at radius 1 is 1.63 bits per heavy atom. The first-order valence-corrected chi connectivity index (χ1v) is 6.85. The number of hydrogen-bond acceptors (Lipinski definition) is 4. The number of carbonyl (C=O) groups is 1. The fraction of sp³-hybridized carbons (Fsp3) is 0.545. The molecule has 19 heavy (non-hydrogen) atoms. The average molecular weight is 352 g/mol. The molecule has 0 bridgehead atoms. The summed E-state index contributed by atoms with van der Waals surface area (Å²) in [5, 5.41) is 8.17. The van der Waals surface area contributed by atoms with Crippen molar-refractivity contribution in [3.8, 4) is 0 Å². The van der Waals surface area contributed by atoms with E-state index in [4.69, 9.17) is 16.3 Å². The van der Waals surface area contributed by atoms with E-state index in [9.17, 15) is 4.79 Å². The number of nitrogens with zero attached hydrogens (tertiary/aromatic N) is 3. The Labute approximate surface area is 125 Å². The zero-order valence-electron chi connectivity index (χ0n) is 11.2. The van der Waals surface area contributed by atoms with Crippen LogP contribution in [0, 0.1) is 0 Å². The Bertz CT molecular complexity index is 494. The Morgan fingerprint density at radius 2 is 2.26 bits per heavy atom. The number of amides is 1. The van der Waals surface area contributed by atoms with Gasteiger partial charge in [0.15, 0.2) is 5.15 Å². The van der Waals surface area contributed by atoms with Crippen molar-refractivity contribution < 1.29 is 9.53 Å². The van der Waals surface area contributed by atoms with Crippen molar-refractivity contribution in [3.63, 3.8) is 0 Å². The van der Waals surface area contributed by atoms with Gasteiger partial charge in [0, 0.05) is 6.54 Å². The number of hydrazone groups is 1. The summed E-state index contributed by atoms with van der Waals surface area (Å²) in [6.45, 7) is 7.93. The third-order valence-electron chi connectivity index (χ3n) is 1.93. The minimum atomic E-state index is -0.626. The normalized spacial score (nSPS) is 11.9. The molecule has 1 amide bonds. The van der Waals surface area contributed by atoms with Crippen LogP contribution in [0.15, 0.2) is 9.70 Å². The first-order chi connectivity index (χ1) is 8.74. The van der Waals surface area contributed by atoms with Crippen LogP contribution >= 0.6 is 27.5 Å². The second kappa shape index (κ2) is 6.38. The molecule has 0 aliphatic rings. The van der Waals surface area contributed by atoms with Gasteiger partial charge in [-0.3, -0.25) is 4.68 Å². The van der Waals surface area contributed by atoms with E-state index in [1.54, 1.807) is 25.5 Å². The van der Waals surface area contributed by atoms with Crippen LogP contribution in [-0.2, 0) is 11.3 Å². The van der Waals surface area contributed by atoms with Gasteiger partial charge in [0.25, 0.3) is 0 Å². The largest absolute Gasteiger partial charge is 0.443 e. The minimum Gasteiger partial charge on any atom is -0.443 e. The van der Waals surface area contributed by atoms with E-state index in [0.29, 0.717) is 21.9 Å². The monoisotopic (exact) mass is 350 g/mol. The molecule has 0 saturated heterocycles. The summed E-state index contributed by atoms with van der Waals surface area (Å²) in [7, 11) is 0. The third kappa shape index (κ3) is 4.83. The highest BCUT2D eigenvalue weighted by atomic mass is 79.9. The van der Waals surface area contributed by atoms with Crippen molar-refractivity contribution >= 4 is 39.8 Å². The minimum absolute atomic E-state index is 0.309. The van der Waals surface area contributed by atoms with E-state index in [2.05, 4.69) is 31.6 Å². The fourth-order valence-electron chi connectivity index (χ4n) is 1.19. The lowest BCUT2D eigenvalue weighted by molar-refractivity contribution is 0.0529. The molecule has 0 aliphatic carbocycles. The van der Waals surface area contributed by atoms with Crippen LogP contribution in [0.1, 0.15) is 33.3 Å². The summed E-state index contributed by atoms with van der Waals surface area (Å²) < 4.78 is 7.41. The molecule has 0 unspecified atom stereocenters. The fourth-order valence-corrected chi connectivity index (χ4v) is 2.16. The molecule has 0 fully saturated rings. The molecular weight excluding hydrogens is 336 g/mol. The Hall–Kier alpha value is -1.08. The van der Waals surface area contributed by atoms with E-state index in [0.717, 1.165) is 0 Å².